The zero-order valence-corrected chi connectivity index (χ0v) is 13.6. The number of nitrogens with one attached hydrogen (secondary N) is 1. The maximum atomic E-state index is 5.43. The molecule has 0 spiro atoms. The zero-order chi connectivity index (χ0) is 14.6. The molecule has 0 amide bonds. The highest BCUT2D eigenvalue weighted by Gasteiger charge is 2.31. The van der Waals surface area contributed by atoms with Gasteiger partial charge in [-0.25, -0.2) is 0 Å². The molecule has 1 atom stereocenters. The SMILES string of the molecule is CCC(C)(C)C1CCC(NC(C)Cc2ccco2)CC1. The Morgan fingerprint density at radius 2 is 2.00 bits per heavy atom. The van der Waals surface area contributed by atoms with E-state index in [0.717, 1.165) is 18.1 Å². The Morgan fingerprint density at radius 1 is 1.30 bits per heavy atom. The molecule has 1 saturated carbocycles. The van der Waals surface area contributed by atoms with Crippen LogP contribution in [0.15, 0.2) is 22.8 Å². The van der Waals surface area contributed by atoms with Crippen LogP contribution in [-0.4, -0.2) is 12.1 Å². The van der Waals surface area contributed by atoms with Crippen LogP contribution < -0.4 is 5.32 Å². The highest BCUT2D eigenvalue weighted by atomic mass is 16.3. The van der Waals surface area contributed by atoms with E-state index in [0.29, 0.717) is 17.5 Å². The van der Waals surface area contributed by atoms with E-state index in [9.17, 15) is 0 Å². The number of hydrogen-bond acceptors (Lipinski definition) is 2. The van der Waals surface area contributed by atoms with Crippen molar-refractivity contribution >= 4 is 0 Å². The van der Waals surface area contributed by atoms with Crippen molar-refractivity contribution in [2.24, 2.45) is 11.3 Å². The summed E-state index contributed by atoms with van der Waals surface area (Å²) in [4.78, 5) is 0. The fourth-order valence-corrected chi connectivity index (χ4v) is 3.52. The molecule has 114 valence electrons. The zero-order valence-electron chi connectivity index (χ0n) is 13.6. The summed E-state index contributed by atoms with van der Waals surface area (Å²) in [5, 5.41) is 3.79. The summed E-state index contributed by atoms with van der Waals surface area (Å²) in [7, 11) is 0. The summed E-state index contributed by atoms with van der Waals surface area (Å²) in [6, 6.07) is 5.24. The van der Waals surface area contributed by atoms with Crippen LogP contribution >= 0.6 is 0 Å². The van der Waals surface area contributed by atoms with Gasteiger partial charge >= 0.3 is 0 Å². The Labute approximate surface area is 124 Å². The number of rotatable bonds is 6. The fourth-order valence-electron chi connectivity index (χ4n) is 3.52. The van der Waals surface area contributed by atoms with E-state index in [1.54, 1.807) is 6.26 Å². The first kappa shape index (κ1) is 15.6. The molecule has 0 radical (unpaired) electrons. The van der Waals surface area contributed by atoms with Crippen molar-refractivity contribution in [2.75, 3.05) is 0 Å². The van der Waals surface area contributed by atoms with E-state index in [2.05, 4.69) is 39.1 Å². The standard InChI is InChI=1S/C18H31NO/c1-5-18(3,4)15-8-10-16(11-9-15)19-14(2)13-17-7-6-12-20-17/h6-7,12,14-16,19H,5,8-11,13H2,1-4H3. The average molecular weight is 277 g/mol. The van der Waals surface area contributed by atoms with Crippen LogP contribution in [0.25, 0.3) is 0 Å². The van der Waals surface area contributed by atoms with E-state index in [1.807, 2.05) is 6.07 Å². The Kier molecular flexibility index (Phi) is 5.31. The summed E-state index contributed by atoms with van der Waals surface area (Å²) in [5.74, 6) is 2.00. The molecule has 0 aromatic carbocycles. The molecule has 20 heavy (non-hydrogen) atoms. The van der Waals surface area contributed by atoms with Gasteiger partial charge in [0.25, 0.3) is 0 Å². The Morgan fingerprint density at radius 3 is 2.55 bits per heavy atom. The van der Waals surface area contributed by atoms with Crippen LogP contribution in [0.1, 0.15) is 65.6 Å². The molecule has 2 nitrogen and oxygen atoms in total. The van der Waals surface area contributed by atoms with Crippen LogP contribution in [0.3, 0.4) is 0 Å². The summed E-state index contributed by atoms with van der Waals surface area (Å²) >= 11 is 0. The van der Waals surface area contributed by atoms with Crippen molar-refractivity contribution in [3.63, 3.8) is 0 Å². The Balaban J connectivity index is 1.74. The first-order valence-corrected chi connectivity index (χ1v) is 8.29. The summed E-state index contributed by atoms with van der Waals surface area (Å²) in [6.07, 6.45) is 9.48. The summed E-state index contributed by atoms with van der Waals surface area (Å²) in [6.45, 7) is 9.47. The van der Waals surface area contributed by atoms with Gasteiger partial charge in [-0.3, -0.25) is 0 Å². The third kappa shape index (κ3) is 4.12. The molecule has 2 heteroatoms. The van der Waals surface area contributed by atoms with E-state index >= 15 is 0 Å². The maximum absolute atomic E-state index is 5.43. The second kappa shape index (κ2) is 6.80. The van der Waals surface area contributed by atoms with Gasteiger partial charge < -0.3 is 9.73 Å². The largest absolute Gasteiger partial charge is 0.469 e. The minimum atomic E-state index is 0.502. The predicted molar refractivity (Wildman–Crippen MR) is 84.8 cm³/mol. The first-order chi connectivity index (χ1) is 9.51. The molecular formula is C18H31NO. The topological polar surface area (TPSA) is 25.2 Å². The third-order valence-electron chi connectivity index (χ3n) is 5.35. The second-order valence-electron chi connectivity index (χ2n) is 7.24. The second-order valence-corrected chi connectivity index (χ2v) is 7.24. The Bertz CT molecular complexity index is 374. The van der Waals surface area contributed by atoms with Crippen LogP contribution in [-0.2, 0) is 6.42 Å². The van der Waals surface area contributed by atoms with Crippen LogP contribution in [0.4, 0.5) is 0 Å². The van der Waals surface area contributed by atoms with Gasteiger partial charge in [0.15, 0.2) is 0 Å². The molecule has 1 unspecified atom stereocenters. The predicted octanol–water partition coefficient (Wildman–Crippen LogP) is 4.80. The molecule has 2 rings (SSSR count). The molecule has 1 aliphatic rings. The van der Waals surface area contributed by atoms with Crippen LogP contribution in [0, 0.1) is 11.3 Å². The minimum absolute atomic E-state index is 0.502. The van der Waals surface area contributed by atoms with E-state index in [1.165, 1.54) is 32.1 Å². The van der Waals surface area contributed by atoms with Crippen molar-refractivity contribution < 1.29 is 4.42 Å². The number of hydrogen-bond donors (Lipinski definition) is 1. The lowest BCUT2D eigenvalue weighted by Gasteiger charge is -2.39. The molecule has 0 aliphatic heterocycles. The van der Waals surface area contributed by atoms with Crippen molar-refractivity contribution in [1.29, 1.82) is 0 Å². The first-order valence-electron chi connectivity index (χ1n) is 8.29. The normalized spacial score (nSPS) is 25.6. The smallest absolute Gasteiger partial charge is 0.105 e. The molecule has 1 N–H and O–H groups in total. The lowest BCUT2D eigenvalue weighted by atomic mass is 9.69. The number of furan rings is 1. The highest BCUT2D eigenvalue weighted by molar-refractivity contribution is 5.00. The molecular weight excluding hydrogens is 246 g/mol. The highest BCUT2D eigenvalue weighted by Crippen LogP contribution is 2.40. The van der Waals surface area contributed by atoms with Gasteiger partial charge in [-0.1, -0.05) is 27.2 Å². The lowest BCUT2D eigenvalue weighted by molar-refractivity contribution is 0.134. The van der Waals surface area contributed by atoms with Crippen molar-refractivity contribution in [3.8, 4) is 0 Å². The monoisotopic (exact) mass is 277 g/mol. The average Bonchev–Trinajstić information content (AvgIpc) is 2.92. The molecule has 0 saturated heterocycles. The maximum Gasteiger partial charge on any atom is 0.105 e. The molecule has 1 fully saturated rings. The van der Waals surface area contributed by atoms with Crippen molar-refractivity contribution in [2.45, 2.75) is 78.3 Å². The van der Waals surface area contributed by atoms with Gasteiger partial charge in [-0.2, -0.15) is 0 Å². The molecule has 1 heterocycles. The molecule has 1 aromatic heterocycles. The van der Waals surface area contributed by atoms with Gasteiger partial charge in [0.1, 0.15) is 5.76 Å². The lowest BCUT2D eigenvalue weighted by Crippen LogP contribution is -2.41. The van der Waals surface area contributed by atoms with Crippen molar-refractivity contribution in [1.82, 2.24) is 5.32 Å². The third-order valence-corrected chi connectivity index (χ3v) is 5.35. The van der Waals surface area contributed by atoms with E-state index in [4.69, 9.17) is 4.42 Å². The molecule has 1 aromatic rings. The minimum Gasteiger partial charge on any atom is -0.469 e. The summed E-state index contributed by atoms with van der Waals surface area (Å²) in [5.41, 5.74) is 0.519. The van der Waals surface area contributed by atoms with Gasteiger partial charge in [0.2, 0.25) is 0 Å². The quantitative estimate of drug-likeness (QED) is 0.808. The van der Waals surface area contributed by atoms with Gasteiger partial charge in [-0.05, 0) is 56.1 Å². The van der Waals surface area contributed by atoms with Gasteiger partial charge in [0, 0.05) is 18.5 Å². The van der Waals surface area contributed by atoms with Crippen LogP contribution in [0.5, 0.6) is 0 Å². The van der Waals surface area contributed by atoms with E-state index < -0.39 is 0 Å². The van der Waals surface area contributed by atoms with Gasteiger partial charge in [0.05, 0.1) is 6.26 Å². The molecule has 0 bridgehead atoms. The van der Waals surface area contributed by atoms with Gasteiger partial charge in [-0.15, -0.1) is 0 Å². The molecule has 1 aliphatic carbocycles. The van der Waals surface area contributed by atoms with Crippen molar-refractivity contribution in [3.05, 3.63) is 24.2 Å². The van der Waals surface area contributed by atoms with Crippen LogP contribution in [0.2, 0.25) is 0 Å². The van der Waals surface area contributed by atoms with E-state index in [-0.39, 0.29) is 0 Å². The Hall–Kier alpha value is -0.760. The fraction of sp³-hybridized carbons (Fsp3) is 0.778. The summed E-state index contributed by atoms with van der Waals surface area (Å²) < 4.78 is 5.43.